The lowest BCUT2D eigenvalue weighted by atomic mass is 9.96. The van der Waals surface area contributed by atoms with Crippen molar-refractivity contribution in [3.05, 3.63) is 11.3 Å². The molecule has 0 atom stereocenters. The Morgan fingerprint density at radius 3 is 2.67 bits per heavy atom. The second-order valence-electron chi connectivity index (χ2n) is 6.08. The highest BCUT2D eigenvalue weighted by Crippen LogP contribution is 2.33. The molecule has 2 fully saturated rings. The van der Waals surface area contributed by atoms with Gasteiger partial charge in [-0.3, -0.25) is 4.79 Å². The summed E-state index contributed by atoms with van der Waals surface area (Å²) in [5, 5.41) is 13.6. The lowest BCUT2D eigenvalue weighted by Crippen LogP contribution is -2.40. The summed E-state index contributed by atoms with van der Waals surface area (Å²) >= 11 is 1.62. The third-order valence-electron chi connectivity index (χ3n) is 4.76. The number of hydrogen-bond donors (Lipinski definition) is 0. The Kier molecular flexibility index (Phi) is 3.37. The summed E-state index contributed by atoms with van der Waals surface area (Å²) in [6.45, 7) is 1.75. The van der Waals surface area contributed by atoms with Crippen LogP contribution in [0.2, 0.25) is 0 Å². The molecule has 1 aliphatic carbocycles. The van der Waals surface area contributed by atoms with Crippen LogP contribution in [0.5, 0.6) is 0 Å². The van der Waals surface area contributed by atoms with Crippen LogP contribution in [0.3, 0.4) is 0 Å². The van der Waals surface area contributed by atoms with Gasteiger partial charge < -0.3 is 4.90 Å². The van der Waals surface area contributed by atoms with Gasteiger partial charge in [-0.25, -0.2) is 0 Å². The molecule has 6 nitrogen and oxygen atoms in total. The molecule has 1 saturated carbocycles. The van der Waals surface area contributed by atoms with Gasteiger partial charge in [-0.2, -0.15) is 9.61 Å². The van der Waals surface area contributed by atoms with E-state index in [0.29, 0.717) is 17.7 Å². The summed E-state index contributed by atoms with van der Waals surface area (Å²) in [4.78, 5) is 15.4. The molecule has 3 heterocycles. The maximum Gasteiger partial charge on any atom is 0.234 e. The number of carbonyl (C=O) groups excluding carboxylic acids is 1. The maximum absolute atomic E-state index is 12.4. The lowest BCUT2D eigenvalue weighted by Gasteiger charge is -2.32. The van der Waals surface area contributed by atoms with Gasteiger partial charge in [-0.1, -0.05) is 24.2 Å². The Morgan fingerprint density at radius 1 is 1.19 bits per heavy atom. The molecular formula is C14H19N5OS. The van der Waals surface area contributed by atoms with Crippen molar-refractivity contribution in [2.24, 2.45) is 5.92 Å². The summed E-state index contributed by atoms with van der Waals surface area (Å²) in [5.74, 6) is 1.16. The smallest absolute Gasteiger partial charge is 0.234 e. The van der Waals surface area contributed by atoms with Gasteiger partial charge in [0.05, 0.1) is 0 Å². The van der Waals surface area contributed by atoms with E-state index < -0.39 is 0 Å². The van der Waals surface area contributed by atoms with Crippen LogP contribution in [0.1, 0.15) is 49.5 Å². The van der Waals surface area contributed by atoms with E-state index in [4.69, 9.17) is 0 Å². The van der Waals surface area contributed by atoms with Crippen molar-refractivity contribution < 1.29 is 4.79 Å². The summed E-state index contributed by atoms with van der Waals surface area (Å²) in [6, 6.07) is 0. The molecule has 0 aromatic carbocycles. The minimum absolute atomic E-state index is 0.302. The van der Waals surface area contributed by atoms with Gasteiger partial charge in [-0.05, 0) is 25.7 Å². The minimum Gasteiger partial charge on any atom is -0.342 e. The normalized spacial score (nSPS) is 21.4. The average molecular weight is 305 g/mol. The Bertz CT molecular complexity index is 608. The number of amides is 1. The van der Waals surface area contributed by atoms with Crippen molar-refractivity contribution in [1.29, 1.82) is 0 Å². The summed E-state index contributed by atoms with van der Waals surface area (Å²) in [7, 11) is 0. The fourth-order valence-corrected chi connectivity index (χ4v) is 4.51. The van der Waals surface area contributed by atoms with Gasteiger partial charge in [-0.15, -0.1) is 10.2 Å². The molecule has 0 unspecified atom stereocenters. The summed E-state index contributed by atoms with van der Waals surface area (Å²) in [6.07, 6.45) is 8.31. The van der Waals surface area contributed by atoms with E-state index in [9.17, 15) is 4.79 Å². The largest absolute Gasteiger partial charge is 0.342 e. The molecule has 1 amide bonds. The average Bonchev–Trinajstić information content (AvgIpc) is 3.23. The molecule has 2 aromatic heterocycles. The van der Waals surface area contributed by atoms with Crippen LogP contribution in [-0.2, 0) is 4.79 Å². The standard InChI is InChI=1S/C14H19N5OS/c20-13(11-3-1-2-4-11)18-7-5-10(6-8-18)12-17-19-9-15-16-14(19)21-12/h9-11H,1-8H2. The van der Waals surface area contributed by atoms with E-state index in [1.807, 2.05) is 0 Å². The maximum atomic E-state index is 12.4. The van der Waals surface area contributed by atoms with Gasteiger partial charge in [0, 0.05) is 24.9 Å². The third-order valence-corrected chi connectivity index (χ3v) is 5.84. The van der Waals surface area contributed by atoms with E-state index in [1.165, 1.54) is 12.8 Å². The van der Waals surface area contributed by atoms with Gasteiger partial charge in [0.15, 0.2) is 0 Å². The lowest BCUT2D eigenvalue weighted by molar-refractivity contribution is -0.136. The highest BCUT2D eigenvalue weighted by atomic mass is 32.1. The zero-order chi connectivity index (χ0) is 14.2. The highest BCUT2D eigenvalue weighted by molar-refractivity contribution is 7.16. The summed E-state index contributed by atoms with van der Waals surface area (Å²) < 4.78 is 1.75. The first-order valence-corrected chi connectivity index (χ1v) is 8.58. The molecule has 2 aromatic rings. The second-order valence-corrected chi connectivity index (χ2v) is 7.07. The van der Waals surface area contributed by atoms with Crippen LogP contribution in [0.25, 0.3) is 4.96 Å². The first-order chi connectivity index (χ1) is 10.3. The van der Waals surface area contributed by atoms with Crippen LogP contribution in [0, 0.1) is 5.92 Å². The van der Waals surface area contributed by atoms with Crippen molar-refractivity contribution in [1.82, 2.24) is 24.7 Å². The Morgan fingerprint density at radius 2 is 1.95 bits per heavy atom. The van der Waals surface area contributed by atoms with Crippen LogP contribution in [-0.4, -0.2) is 43.7 Å². The van der Waals surface area contributed by atoms with Crippen molar-refractivity contribution in [3.63, 3.8) is 0 Å². The Balaban J connectivity index is 1.39. The molecule has 0 N–H and O–H groups in total. The molecule has 7 heteroatoms. The fourth-order valence-electron chi connectivity index (χ4n) is 3.52. The first kappa shape index (κ1) is 13.2. The van der Waals surface area contributed by atoms with E-state index in [1.54, 1.807) is 22.2 Å². The topological polar surface area (TPSA) is 63.4 Å². The van der Waals surface area contributed by atoms with Gasteiger partial charge in [0.2, 0.25) is 10.9 Å². The molecule has 21 heavy (non-hydrogen) atoms. The van der Waals surface area contributed by atoms with E-state index in [0.717, 1.165) is 48.7 Å². The van der Waals surface area contributed by atoms with Crippen LogP contribution in [0.4, 0.5) is 0 Å². The molecule has 0 radical (unpaired) electrons. The van der Waals surface area contributed by atoms with Crippen molar-refractivity contribution in [3.8, 4) is 0 Å². The van der Waals surface area contributed by atoms with Gasteiger partial charge in [0.1, 0.15) is 11.3 Å². The van der Waals surface area contributed by atoms with E-state index in [-0.39, 0.29) is 0 Å². The van der Waals surface area contributed by atoms with Crippen molar-refractivity contribution >= 4 is 22.2 Å². The minimum atomic E-state index is 0.302. The zero-order valence-corrected chi connectivity index (χ0v) is 12.8. The molecule has 112 valence electrons. The number of piperidine rings is 1. The monoisotopic (exact) mass is 305 g/mol. The molecule has 1 saturated heterocycles. The van der Waals surface area contributed by atoms with Gasteiger partial charge in [0.25, 0.3) is 0 Å². The van der Waals surface area contributed by atoms with Crippen molar-refractivity contribution in [2.45, 2.75) is 44.4 Å². The van der Waals surface area contributed by atoms with Gasteiger partial charge >= 0.3 is 0 Å². The number of hydrogen-bond acceptors (Lipinski definition) is 5. The first-order valence-electron chi connectivity index (χ1n) is 7.77. The predicted molar refractivity (Wildman–Crippen MR) is 79.2 cm³/mol. The van der Waals surface area contributed by atoms with Crippen LogP contribution in [0.15, 0.2) is 6.33 Å². The summed E-state index contributed by atoms with van der Waals surface area (Å²) in [5.41, 5.74) is 0. The van der Waals surface area contributed by atoms with Crippen molar-refractivity contribution in [2.75, 3.05) is 13.1 Å². The van der Waals surface area contributed by atoms with E-state index in [2.05, 4.69) is 20.2 Å². The molecule has 1 aliphatic heterocycles. The SMILES string of the molecule is O=C(C1CCCC1)N1CCC(c2nn3cnnc3s2)CC1. The molecule has 0 bridgehead atoms. The number of aromatic nitrogens is 4. The molecule has 2 aliphatic rings. The number of nitrogens with zero attached hydrogens (tertiary/aromatic N) is 5. The molecule has 0 spiro atoms. The molecule has 4 rings (SSSR count). The third kappa shape index (κ3) is 2.43. The number of fused-ring (bicyclic) bond motifs is 1. The Labute approximate surface area is 127 Å². The second kappa shape index (κ2) is 5.36. The predicted octanol–water partition coefficient (Wildman–Crippen LogP) is 2.08. The van der Waals surface area contributed by atoms with E-state index >= 15 is 0 Å². The van der Waals surface area contributed by atoms with Crippen LogP contribution >= 0.6 is 11.3 Å². The number of carbonyl (C=O) groups is 1. The zero-order valence-electron chi connectivity index (χ0n) is 11.9. The Hall–Kier alpha value is -1.50. The molecular weight excluding hydrogens is 286 g/mol. The number of likely N-dealkylation sites (tertiary alicyclic amines) is 1. The fraction of sp³-hybridized carbons (Fsp3) is 0.714. The highest BCUT2D eigenvalue weighted by Gasteiger charge is 2.31. The quantitative estimate of drug-likeness (QED) is 0.852. The van der Waals surface area contributed by atoms with Crippen LogP contribution < -0.4 is 0 Å². The number of rotatable bonds is 2.